The van der Waals surface area contributed by atoms with Crippen LogP contribution in [0, 0.1) is 0 Å². The molecule has 0 fully saturated rings. The highest BCUT2D eigenvalue weighted by molar-refractivity contribution is 6.31. The zero-order valence-corrected chi connectivity index (χ0v) is 22.3. The summed E-state index contributed by atoms with van der Waals surface area (Å²) in [6.45, 7) is 2.57. The Bertz CT molecular complexity index is 1570. The number of rotatable bonds is 9. The number of ketones is 1. The van der Waals surface area contributed by atoms with Gasteiger partial charge in [-0.25, -0.2) is 0 Å². The Morgan fingerprint density at radius 3 is 2.33 bits per heavy atom. The second kappa shape index (κ2) is 10.7. The fraction of sp³-hybridized carbons (Fsp3) is 0.200. The molecule has 8 nitrogen and oxygen atoms in total. The lowest BCUT2D eigenvalue weighted by Gasteiger charge is -2.27. The summed E-state index contributed by atoms with van der Waals surface area (Å²) in [4.78, 5) is 28.8. The van der Waals surface area contributed by atoms with Crippen LogP contribution in [0.1, 0.15) is 35.5 Å². The maximum atomic E-state index is 13.9. The molecule has 0 saturated heterocycles. The lowest BCUT2D eigenvalue weighted by Crippen LogP contribution is -2.31. The average molecular weight is 548 g/mol. The second-order valence-electron chi connectivity index (χ2n) is 8.92. The molecule has 0 aliphatic carbocycles. The molecule has 1 atom stereocenters. The number of carbonyl (C=O) groups is 2. The molecule has 1 aromatic heterocycles. The summed E-state index contributed by atoms with van der Waals surface area (Å²) < 4.78 is 22.2. The quantitative estimate of drug-likeness (QED) is 0.233. The van der Waals surface area contributed by atoms with Crippen LogP contribution in [0.4, 0.5) is 5.69 Å². The number of aliphatic hydroxyl groups excluding tert-OH is 1. The minimum atomic E-state index is -0.933. The normalized spacial score (nSPS) is 15.2. The topological polar surface area (TPSA) is 98.4 Å². The third kappa shape index (κ3) is 4.79. The van der Waals surface area contributed by atoms with Gasteiger partial charge in [-0.2, -0.15) is 0 Å². The van der Waals surface area contributed by atoms with Crippen molar-refractivity contribution < 1.29 is 33.3 Å². The Hall–Kier alpha value is -4.43. The number of aliphatic hydroxyl groups is 1. The third-order valence-electron chi connectivity index (χ3n) is 6.46. The van der Waals surface area contributed by atoms with Crippen molar-refractivity contribution in [1.82, 2.24) is 0 Å². The van der Waals surface area contributed by atoms with Crippen LogP contribution in [-0.4, -0.2) is 37.6 Å². The van der Waals surface area contributed by atoms with Gasteiger partial charge >= 0.3 is 0 Å². The zero-order chi connectivity index (χ0) is 27.7. The van der Waals surface area contributed by atoms with Gasteiger partial charge < -0.3 is 23.7 Å². The summed E-state index contributed by atoms with van der Waals surface area (Å²) >= 11 is 6.19. The maximum absolute atomic E-state index is 13.9. The summed E-state index contributed by atoms with van der Waals surface area (Å²) in [6.07, 6.45) is 0.854. The van der Waals surface area contributed by atoms with E-state index in [1.54, 1.807) is 67.8 Å². The van der Waals surface area contributed by atoms with E-state index in [1.165, 1.54) is 18.1 Å². The number of nitrogens with zero attached hydrogens (tertiary/aromatic N) is 1. The van der Waals surface area contributed by atoms with Crippen molar-refractivity contribution in [3.63, 3.8) is 0 Å². The number of hydrogen-bond acceptors (Lipinski definition) is 7. The van der Waals surface area contributed by atoms with E-state index in [0.29, 0.717) is 51.1 Å². The van der Waals surface area contributed by atoms with Crippen molar-refractivity contribution in [2.75, 3.05) is 25.7 Å². The summed E-state index contributed by atoms with van der Waals surface area (Å²) in [6, 6.07) is 17.7. The minimum Gasteiger partial charge on any atom is -0.503 e. The lowest BCUT2D eigenvalue weighted by molar-refractivity contribution is -0.117. The van der Waals surface area contributed by atoms with Gasteiger partial charge in [-0.15, -0.1) is 0 Å². The molecule has 1 aliphatic rings. The van der Waals surface area contributed by atoms with Gasteiger partial charge in [0.05, 0.1) is 32.4 Å². The molecule has 4 aromatic rings. The maximum Gasteiger partial charge on any atom is 0.294 e. The van der Waals surface area contributed by atoms with E-state index in [-0.39, 0.29) is 11.3 Å². The van der Waals surface area contributed by atoms with E-state index in [2.05, 4.69) is 0 Å². The fourth-order valence-corrected chi connectivity index (χ4v) is 4.83. The smallest absolute Gasteiger partial charge is 0.294 e. The second-order valence-corrected chi connectivity index (χ2v) is 9.36. The van der Waals surface area contributed by atoms with Crippen LogP contribution >= 0.6 is 11.6 Å². The molecule has 200 valence electrons. The van der Waals surface area contributed by atoms with Crippen LogP contribution in [0.15, 0.2) is 82.5 Å². The highest BCUT2D eigenvalue weighted by Gasteiger charge is 2.45. The summed E-state index contributed by atoms with van der Waals surface area (Å²) in [7, 11) is 3.01. The van der Waals surface area contributed by atoms with E-state index in [4.69, 9.17) is 30.2 Å². The van der Waals surface area contributed by atoms with Gasteiger partial charge in [0.2, 0.25) is 5.78 Å². The number of amides is 1. The first kappa shape index (κ1) is 26.2. The van der Waals surface area contributed by atoms with Gasteiger partial charge in [0.15, 0.2) is 22.9 Å². The molecule has 5 rings (SSSR count). The van der Waals surface area contributed by atoms with Crippen molar-refractivity contribution in [2.45, 2.75) is 19.4 Å². The number of Topliss-reactive ketones (excluding diaryl/α,β-unsaturated/α-hetero) is 1. The van der Waals surface area contributed by atoms with Crippen LogP contribution in [0.25, 0.3) is 11.0 Å². The molecular formula is C30H26ClNO7. The molecular weight excluding hydrogens is 522 g/mol. The van der Waals surface area contributed by atoms with Crippen LogP contribution in [0.3, 0.4) is 0 Å². The van der Waals surface area contributed by atoms with E-state index >= 15 is 0 Å². The van der Waals surface area contributed by atoms with E-state index in [1.807, 2.05) is 6.92 Å². The predicted octanol–water partition coefficient (Wildman–Crippen LogP) is 6.68. The number of hydrogen-bond donors (Lipinski definition) is 1. The van der Waals surface area contributed by atoms with Gasteiger partial charge in [-0.1, -0.05) is 30.7 Å². The van der Waals surface area contributed by atoms with Crippen LogP contribution < -0.4 is 19.1 Å². The largest absolute Gasteiger partial charge is 0.503 e. The van der Waals surface area contributed by atoms with Gasteiger partial charge in [0.25, 0.3) is 5.91 Å². The molecule has 1 amide bonds. The SMILES string of the molecule is CCCOc1ccc(C2C(C(=O)c3cc4cc(Cl)cc(OC)c4o3)=C(O)C(=O)N2c2ccc(OC)cc2)cc1. The highest BCUT2D eigenvalue weighted by Crippen LogP contribution is 2.43. The van der Waals surface area contributed by atoms with Crippen molar-refractivity contribution >= 4 is 39.9 Å². The first-order valence-electron chi connectivity index (χ1n) is 12.3. The van der Waals surface area contributed by atoms with Crippen molar-refractivity contribution in [1.29, 1.82) is 0 Å². The lowest BCUT2D eigenvalue weighted by atomic mass is 9.94. The molecule has 3 aromatic carbocycles. The van der Waals surface area contributed by atoms with Gasteiger partial charge in [0, 0.05) is 22.2 Å². The average Bonchev–Trinajstić information content (AvgIpc) is 3.50. The van der Waals surface area contributed by atoms with Gasteiger partial charge in [-0.05, 0) is 60.5 Å². The molecule has 2 heterocycles. The number of fused-ring (bicyclic) bond motifs is 1. The van der Waals surface area contributed by atoms with Crippen LogP contribution in [0.2, 0.25) is 5.02 Å². The monoisotopic (exact) mass is 547 g/mol. The van der Waals surface area contributed by atoms with Crippen LogP contribution in [-0.2, 0) is 4.79 Å². The molecule has 1 aliphatic heterocycles. The number of methoxy groups -OCH3 is 2. The highest BCUT2D eigenvalue weighted by atomic mass is 35.5. The number of benzene rings is 3. The Morgan fingerprint density at radius 1 is 1.00 bits per heavy atom. The number of halogens is 1. The molecule has 0 radical (unpaired) electrons. The zero-order valence-electron chi connectivity index (χ0n) is 21.6. The standard InChI is InChI=1S/C30H26ClNO7/c1-4-13-38-22-9-5-17(6-10-22)26-25(28(34)30(35)32(26)20-7-11-21(36-2)12-8-20)27(33)23-15-18-14-19(31)16-24(37-3)29(18)39-23/h5-12,14-16,26,34H,4,13H2,1-3H3. The van der Waals surface area contributed by atoms with E-state index in [0.717, 1.165) is 6.42 Å². The molecule has 39 heavy (non-hydrogen) atoms. The van der Waals surface area contributed by atoms with Crippen LogP contribution in [0.5, 0.6) is 17.2 Å². The Kier molecular flexibility index (Phi) is 7.21. The van der Waals surface area contributed by atoms with Crippen molar-refractivity contribution in [3.8, 4) is 17.2 Å². The summed E-state index contributed by atoms with van der Waals surface area (Å²) in [5, 5.41) is 12.0. The third-order valence-corrected chi connectivity index (χ3v) is 6.68. The first-order chi connectivity index (χ1) is 18.9. The minimum absolute atomic E-state index is 0.0654. The Morgan fingerprint density at radius 2 is 1.69 bits per heavy atom. The molecule has 1 unspecified atom stereocenters. The van der Waals surface area contributed by atoms with E-state index < -0.39 is 23.5 Å². The van der Waals surface area contributed by atoms with Gasteiger partial charge in [-0.3, -0.25) is 14.5 Å². The van der Waals surface area contributed by atoms with Crippen molar-refractivity contribution in [2.24, 2.45) is 0 Å². The number of anilines is 1. The molecule has 9 heteroatoms. The van der Waals surface area contributed by atoms with Crippen molar-refractivity contribution in [3.05, 3.63) is 94.4 Å². The molecule has 0 bridgehead atoms. The Labute approximate surface area is 229 Å². The fourth-order valence-electron chi connectivity index (χ4n) is 4.61. The van der Waals surface area contributed by atoms with E-state index in [9.17, 15) is 14.7 Å². The molecule has 0 spiro atoms. The number of ether oxygens (including phenoxy) is 3. The first-order valence-corrected chi connectivity index (χ1v) is 12.7. The number of furan rings is 1. The van der Waals surface area contributed by atoms with Gasteiger partial charge in [0.1, 0.15) is 11.5 Å². The summed E-state index contributed by atoms with van der Waals surface area (Å²) in [5.41, 5.74) is 1.30. The predicted molar refractivity (Wildman–Crippen MR) is 147 cm³/mol. The molecule has 0 saturated carbocycles. The summed E-state index contributed by atoms with van der Waals surface area (Å²) in [5.74, 6) is -0.455. The Balaban J connectivity index is 1.61. The molecule has 1 N–H and O–H groups in total. The number of carbonyl (C=O) groups excluding carboxylic acids is 2.